The molecule has 8 heteroatoms. The van der Waals surface area contributed by atoms with Gasteiger partial charge in [-0.15, -0.1) is 0 Å². The minimum absolute atomic E-state index is 0.0205. The number of phenolic OH excluding ortho intramolecular Hbond substituents is 1. The van der Waals surface area contributed by atoms with Gasteiger partial charge >= 0.3 is 0 Å². The Morgan fingerprint density at radius 1 is 1.40 bits per heavy atom. The number of benzene rings is 1. The number of nitro groups is 1. The lowest BCUT2D eigenvalue weighted by molar-refractivity contribution is -0.385. The van der Waals surface area contributed by atoms with Gasteiger partial charge in [-0.3, -0.25) is 15.0 Å². The van der Waals surface area contributed by atoms with Crippen LogP contribution >= 0.6 is 0 Å². The van der Waals surface area contributed by atoms with E-state index in [2.05, 4.69) is 9.88 Å². The Bertz CT molecular complexity index is 753. The van der Waals surface area contributed by atoms with Crippen LogP contribution in [0.2, 0.25) is 0 Å². The summed E-state index contributed by atoms with van der Waals surface area (Å²) in [7, 11) is 1.87. The Balaban J connectivity index is 1.61. The number of aromatic nitrogens is 2. The highest BCUT2D eigenvalue weighted by Crippen LogP contribution is 2.31. The molecule has 134 valence electrons. The van der Waals surface area contributed by atoms with Gasteiger partial charge in [0.25, 0.3) is 5.69 Å². The second-order valence-electron chi connectivity index (χ2n) is 6.52. The normalized spacial score (nSPS) is 17.5. The van der Waals surface area contributed by atoms with Crippen molar-refractivity contribution in [3.05, 3.63) is 52.1 Å². The minimum atomic E-state index is -0.589. The molecular formula is C17H22N4O4. The average molecular weight is 346 g/mol. The molecule has 25 heavy (non-hydrogen) atoms. The van der Waals surface area contributed by atoms with Gasteiger partial charge in [-0.05, 0) is 37.9 Å². The molecule has 0 aliphatic carbocycles. The number of aromatic hydroxyl groups is 1. The molecule has 1 fully saturated rings. The first-order valence-electron chi connectivity index (χ1n) is 8.29. The second-order valence-corrected chi connectivity index (χ2v) is 6.52. The van der Waals surface area contributed by atoms with Crippen molar-refractivity contribution in [1.29, 1.82) is 0 Å². The highest BCUT2D eigenvalue weighted by molar-refractivity contribution is 5.42. The standard InChI is InChI=1S/C17H22N4O4/c1-19-9-6-18-17(19)16(23)12-4-7-20(8-5-12)11-13-10-14(21(24)25)2-3-15(13)22/h2-3,6,9-10,12,16,22-23H,4-5,7-8,11H2,1H3. The van der Waals surface area contributed by atoms with E-state index < -0.39 is 11.0 Å². The second kappa shape index (κ2) is 7.20. The lowest BCUT2D eigenvalue weighted by Crippen LogP contribution is -2.35. The molecule has 1 atom stereocenters. The van der Waals surface area contributed by atoms with E-state index in [0.717, 1.165) is 25.9 Å². The molecule has 2 N–H and O–H groups in total. The zero-order chi connectivity index (χ0) is 18.0. The van der Waals surface area contributed by atoms with Gasteiger partial charge in [0.1, 0.15) is 17.7 Å². The van der Waals surface area contributed by atoms with E-state index in [0.29, 0.717) is 17.9 Å². The molecule has 1 aliphatic heterocycles. The van der Waals surface area contributed by atoms with Crippen LogP contribution in [-0.4, -0.2) is 42.7 Å². The van der Waals surface area contributed by atoms with E-state index in [1.165, 1.54) is 18.2 Å². The number of aryl methyl sites for hydroxylation is 1. The highest BCUT2D eigenvalue weighted by atomic mass is 16.6. The summed E-state index contributed by atoms with van der Waals surface area (Å²) in [4.78, 5) is 16.8. The highest BCUT2D eigenvalue weighted by Gasteiger charge is 2.28. The number of phenols is 1. The predicted octanol–water partition coefficient (Wildman–Crippen LogP) is 1.98. The fourth-order valence-corrected chi connectivity index (χ4v) is 3.35. The molecule has 1 saturated heterocycles. The number of imidazole rings is 1. The van der Waals surface area contributed by atoms with Crippen molar-refractivity contribution < 1.29 is 15.1 Å². The van der Waals surface area contributed by atoms with E-state index in [-0.39, 0.29) is 17.4 Å². The van der Waals surface area contributed by atoms with Crippen molar-refractivity contribution in [2.45, 2.75) is 25.5 Å². The van der Waals surface area contributed by atoms with Gasteiger partial charge in [-0.2, -0.15) is 0 Å². The van der Waals surface area contributed by atoms with Crippen LogP contribution in [0.25, 0.3) is 0 Å². The van der Waals surface area contributed by atoms with Crippen molar-refractivity contribution in [3.63, 3.8) is 0 Å². The van der Waals surface area contributed by atoms with E-state index in [1.807, 2.05) is 17.8 Å². The fraction of sp³-hybridized carbons (Fsp3) is 0.471. The van der Waals surface area contributed by atoms with Gasteiger partial charge < -0.3 is 14.8 Å². The van der Waals surface area contributed by atoms with Gasteiger partial charge in [-0.1, -0.05) is 0 Å². The van der Waals surface area contributed by atoms with E-state index >= 15 is 0 Å². The van der Waals surface area contributed by atoms with E-state index in [9.17, 15) is 20.3 Å². The first-order chi connectivity index (χ1) is 12.0. The van der Waals surface area contributed by atoms with Crippen LogP contribution in [0.3, 0.4) is 0 Å². The molecule has 1 aliphatic rings. The molecule has 2 heterocycles. The minimum Gasteiger partial charge on any atom is -0.508 e. The van der Waals surface area contributed by atoms with Crippen LogP contribution in [0.1, 0.15) is 30.3 Å². The Kier molecular flexibility index (Phi) is 5.00. The average Bonchev–Trinajstić information content (AvgIpc) is 3.02. The summed E-state index contributed by atoms with van der Waals surface area (Å²) in [5.74, 6) is 0.881. The number of hydrogen-bond donors (Lipinski definition) is 2. The monoisotopic (exact) mass is 346 g/mol. The Morgan fingerprint density at radius 2 is 2.12 bits per heavy atom. The summed E-state index contributed by atoms with van der Waals surface area (Å²) in [6, 6.07) is 4.09. The number of likely N-dealkylation sites (tertiary alicyclic amines) is 1. The lowest BCUT2D eigenvalue weighted by atomic mass is 9.90. The Morgan fingerprint density at radius 3 is 2.72 bits per heavy atom. The van der Waals surface area contributed by atoms with Gasteiger partial charge in [0.2, 0.25) is 0 Å². The predicted molar refractivity (Wildman–Crippen MR) is 90.9 cm³/mol. The van der Waals surface area contributed by atoms with Gasteiger partial charge in [-0.25, -0.2) is 4.98 Å². The molecule has 0 saturated carbocycles. The van der Waals surface area contributed by atoms with Crippen molar-refractivity contribution in [2.24, 2.45) is 13.0 Å². The van der Waals surface area contributed by atoms with Gasteiger partial charge in [0.05, 0.1) is 4.92 Å². The Hall–Kier alpha value is -2.45. The summed E-state index contributed by atoms with van der Waals surface area (Å²) >= 11 is 0. The third kappa shape index (κ3) is 3.80. The zero-order valence-electron chi connectivity index (χ0n) is 14.1. The summed E-state index contributed by atoms with van der Waals surface area (Å²) in [5.41, 5.74) is 0.533. The molecule has 0 bridgehead atoms. The maximum absolute atomic E-state index is 10.9. The first-order valence-corrected chi connectivity index (χ1v) is 8.29. The number of hydrogen-bond acceptors (Lipinski definition) is 6. The third-order valence-electron chi connectivity index (χ3n) is 4.87. The topological polar surface area (TPSA) is 105 Å². The Labute approximate surface area is 145 Å². The number of piperidine rings is 1. The molecular weight excluding hydrogens is 324 g/mol. The molecule has 1 aromatic heterocycles. The maximum atomic E-state index is 10.9. The molecule has 0 radical (unpaired) electrons. The number of aliphatic hydroxyl groups excluding tert-OH is 1. The van der Waals surface area contributed by atoms with E-state index in [4.69, 9.17) is 0 Å². The van der Waals surface area contributed by atoms with Crippen LogP contribution in [0.15, 0.2) is 30.6 Å². The van der Waals surface area contributed by atoms with Crippen molar-refractivity contribution in [2.75, 3.05) is 13.1 Å². The zero-order valence-corrected chi connectivity index (χ0v) is 14.1. The van der Waals surface area contributed by atoms with Crippen molar-refractivity contribution in [1.82, 2.24) is 14.5 Å². The largest absolute Gasteiger partial charge is 0.508 e. The molecule has 8 nitrogen and oxygen atoms in total. The lowest BCUT2D eigenvalue weighted by Gasteiger charge is -2.34. The van der Waals surface area contributed by atoms with Crippen LogP contribution in [0, 0.1) is 16.0 Å². The summed E-state index contributed by atoms with van der Waals surface area (Å²) in [6.45, 7) is 1.97. The number of nitro benzene ring substituents is 1. The first kappa shape index (κ1) is 17.4. The fourth-order valence-electron chi connectivity index (χ4n) is 3.35. The molecule has 0 spiro atoms. The van der Waals surface area contributed by atoms with E-state index in [1.54, 1.807) is 6.20 Å². The molecule has 2 aromatic rings. The molecule has 1 unspecified atom stereocenters. The van der Waals surface area contributed by atoms with Gasteiger partial charge in [0, 0.05) is 43.7 Å². The van der Waals surface area contributed by atoms with Gasteiger partial charge in [0.15, 0.2) is 0 Å². The molecule has 1 aromatic carbocycles. The summed E-state index contributed by atoms with van der Waals surface area (Å²) < 4.78 is 1.83. The maximum Gasteiger partial charge on any atom is 0.270 e. The SMILES string of the molecule is Cn1ccnc1C(O)C1CCN(Cc2cc([N+](=O)[O-])ccc2O)CC1. The number of rotatable bonds is 5. The summed E-state index contributed by atoms with van der Waals surface area (Å²) in [5, 5.41) is 31.3. The van der Waals surface area contributed by atoms with Crippen LogP contribution in [0.4, 0.5) is 5.69 Å². The van der Waals surface area contributed by atoms with Crippen molar-refractivity contribution in [3.8, 4) is 5.75 Å². The van der Waals surface area contributed by atoms with Crippen LogP contribution in [-0.2, 0) is 13.6 Å². The quantitative estimate of drug-likeness (QED) is 0.633. The smallest absolute Gasteiger partial charge is 0.270 e. The molecule has 3 rings (SSSR count). The van der Waals surface area contributed by atoms with Crippen LogP contribution < -0.4 is 0 Å². The number of non-ortho nitro benzene ring substituents is 1. The number of aliphatic hydroxyl groups is 1. The third-order valence-corrected chi connectivity index (χ3v) is 4.87. The summed E-state index contributed by atoms with van der Waals surface area (Å²) in [6.07, 6.45) is 4.53. The van der Waals surface area contributed by atoms with Crippen molar-refractivity contribution >= 4 is 5.69 Å². The van der Waals surface area contributed by atoms with Crippen LogP contribution in [0.5, 0.6) is 5.75 Å². The number of nitrogens with zero attached hydrogens (tertiary/aromatic N) is 4. The molecule has 0 amide bonds.